The van der Waals surface area contributed by atoms with E-state index < -0.39 is 48.0 Å². The third kappa shape index (κ3) is 8.33. The van der Waals surface area contributed by atoms with Crippen molar-refractivity contribution in [2.24, 2.45) is 23.5 Å². The molecule has 0 fully saturated rings. The minimum atomic E-state index is -0.902. The van der Waals surface area contributed by atoms with E-state index in [9.17, 15) is 19.2 Å². The average Bonchev–Trinajstić information content (AvgIpc) is 2.88. The van der Waals surface area contributed by atoms with Gasteiger partial charge >= 0.3 is 6.09 Å². The molecule has 0 saturated carbocycles. The summed E-state index contributed by atoms with van der Waals surface area (Å²) in [4.78, 5) is 50.5. The second-order valence-electron chi connectivity index (χ2n) is 10.4. The van der Waals surface area contributed by atoms with E-state index in [0.717, 1.165) is 11.6 Å². The maximum absolute atomic E-state index is 13.4. The number of carbonyl (C=O) groups is 4. The second kappa shape index (κ2) is 14.9. The number of primary amides is 1. The number of hydrogen-bond donors (Lipinski definition) is 2. The number of fused-ring (bicyclic) bond motifs is 2. The monoisotopic (exact) mass is 558 g/mol. The predicted octanol–water partition coefficient (Wildman–Crippen LogP) is 3.33. The molecular weight excluding hydrogens is 516 g/mol. The largest absolute Gasteiger partial charge is 0.441 e. The number of rotatable bonds is 4. The summed E-state index contributed by atoms with van der Waals surface area (Å²) in [7, 11) is 4.64. The highest BCUT2D eigenvalue weighted by Crippen LogP contribution is 2.30. The summed E-state index contributed by atoms with van der Waals surface area (Å²) in [6.45, 7) is 9.17. The Morgan fingerprint density at radius 2 is 1.62 bits per heavy atom. The maximum atomic E-state index is 13.4. The summed E-state index contributed by atoms with van der Waals surface area (Å²) in [6, 6.07) is 0. The summed E-state index contributed by atoms with van der Waals surface area (Å²) in [6.07, 6.45) is 6.65. The molecule has 0 saturated heterocycles. The molecule has 1 heterocycles. The van der Waals surface area contributed by atoms with E-state index in [1.807, 2.05) is 33.8 Å². The molecule has 2 bridgehead atoms. The lowest BCUT2D eigenvalue weighted by atomic mass is 9.83. The number of Topliss-reactive ketones (excluding diaryl/α,β-unsaturated/α-hetero) is 1. The van der Waals surface area contributed by atoms with Crippen molar-refractivity contribution in [3.05, 3.63) is 58.9 Å². The molecule has 10 heteroatoms. The Morgan fingerprint density at radius 3 is 2.20 bits per heavy atom. The number of hydrogen-bond acceptors (Lipinski definition) is 8. The van der Waals surface area contributed by atoms with Gasteiger partial charge in [-0.1, -0.05) is 45.1 Å². The molecule has 0 radical (unpaired) electrons. The van der Waals surface area contributed by atoms with E-state index >= 15 is 0 Å². The van der Waals surface area contributed by atoms with Crippen LogP contribution < -0.4 is 11.1 Å². The third-order valence-electron chi connectivity index (χ3n) is 7.29. The number of methoxy groups -OCH3 is 3. The van der Waals surface area contributed by atoms with E-state index in [2.05, 4.69) is 5.32 Å². The molecule has 2 amide bonds. The zero-order valence-corrected chi connectivity index (χ0v) is 24.6. The molecule has 3 N–H and O–H groups in total. The first-order valence-corrected chi connectivity index (χ1v) is 13.3. The van der Waals surface area contributed by atoms with Gasteiger partial charge in [-0.05, 0) is 37.8 Å². The van der Waals surface area contributed by atoms with Gasteiger partial charge in [-0.25, -0.2) is 4.79 Å². The highest BCUT2D eigenvalue weighted by Gasteiger charge is 2.36. The fourth-order valence-electron chi connectivity index (χ4n) is 5.27. The molecule has 7 atom stereocenters. The summed E-state index contributed by atoms with van der Waals surface area (Å²) in [5.41, 5.74) is 6.49. The minimum Gasteiger partial charge on any atom is -0.441 e. The van der Waals surface area contributed by atoms with Gasteiger partial charge in [0.1, 0.15) is 6.10 Å². The fourth-order valence-corrected chi connectivity index (χ4v) is 5.27. The average molecular weight is 559 g/mol. The molecule has 0 aromatic heterocycles. The molecule has 1 aliphatic carbocycles. The smallest absolute Gasteiger partial charge is 0.405 e. The first kappa shape index (κ1) is 32.9. The Hall–Kier alpha value is -3.34. The van der Waals surface area contributed by atoms with Crippen LogP contribution in [0, 0.1) is 17.8 Å². The van der Waals surface area contributed by atoms with Gasteiger partial charge in [0.15, 0.2) is 5.78 Å². The molecule has 0 unspecified atom stereocenters. The number of carbonyl (C=O) groups excluding carboxylic acids is 4. The molecule has 10 nitrogen and oxygen atoms in total. The van der Waals surface area contributed by atoms with E-state index in [-0.39, 0.29) is 29.0 Å². The van der Waals surface area contributed by atoms with Crippen LogP contribution in [0.4, 0.5) is 4.79 Å². The Morgan fingerprint density at radius 1 is 0.950 bits per heavy atom. The van der Waals surface area contributed by atoms with Crippen molar-refractivity contribution in [2.75, 3.05) is 21.3 Å². The standard InChI is InChI=1S/C30H42N2O8/c1-16-10-9-11-17(2)29(35)32-23-15-21(33)14-22(25(23)34)27(38-7)20(5)13-24(37-6)28(39-8)19(4)12-18(3)26(16)40-30(31)36/h9-12,14-16,19-20,24,26-28H,13H2,1-8H3,(H2,31,36)(H,32,35)/b10-9-,17-11+,18-12+/t16-,19+,20+,24+,26-,27-,28+/m1/s1. The predicted molar refractivity (Wildman–Crippen MR) is 150 cm³/mol. The van der Waals surface area contributed by atoms with E-state index in [1.54, 1.807) is 39.4 Å². The van der Waals surface area contributed by atoms with Gasteiger partial charge in [-0.15, -0.1) is 0 Å². The summed E-state index contributed by atoms with van der Waals surface area (Å²) in [5.74, 6) is -2.19. The summed E-state index contributed by atoms with van der Waals surface area (Å²) < 4.78 is 22.9. The lowest BCUT2D eigenvalue weighted by Gasteiger charge is -2.34. The van der Waals surface area contributed by atoms with Crippen LogP contribution in [0.2, 0.25) is 0 Å². The number of ether oxygens (including phenoxy) is 4. The zero-order valence-electron chi connectivity index (χ0n) is 24.6. The molecule has 40 heavy (non-hydrogen) atoms. The van der Waals surface area contributed by atoms with Crippen LogP contribution in [-0.4, -0.2) is 69.3 Å². The van der Waals surface area contributed by atoms with Crippen molar-refractivity contribution in [1.29, 1.82) is 0 Å². The molecule has 0 spiro atoms. The quantitative estimate of drug-likeness (QED) is 0.395. The molecule has 2 aliphatic rings. The molecule has 220 valence electrons. The highest BCUT2D eigenvalue weighted by atomic mass is 16.6. The van der Waals surface area contributed by atoms with Crippen LogP contribution in [0.3, 0.4) is 0 Å². The topological polar surface area (TPSA) is 143 Å². The molecule has 0 aromatic carbocycles. The van der Waals surface area contributed by atoms with Crippen molar-refractivity contribution in [1.82, 2.24) is 5.32 Å². The Balaban J connectivity index is 2.62. The van der Waals surface area contributed by atoms with Crippen molar-refractivity contribution in [3.63, 3.8) is 0 Å². The maximum Gasteiger partial charge on any atom is 0.405 e. The van der Waals surface area contributed by atoms with Crippen LogP contribution in [0.15, 0.2) is 58.9 Å². The summed E-state index contributed by atoms with van der Waals surface area (Å²) in [5, 5.41) is 2.56. The number of ketones is 2. The Labute approximate surface area is 236 Å². The van der Waals surface area contributed by atoms with Gasteiger partial charge in [-0.3, -0.25) is 14.4 Å². The van der Waals surface area contributed by atoms with Crippen molar-refractivity contribution >= 4 is 23.6 Å². The van der Waals surface area contributed by atoms with Crippen molar-refractivity contribution in [2.45, 2.75) is 65.5 Å². The molecule has 1 aliphatic heterocycles. The van der Waals surface area contributed by atoms with Gasteiger partial charge in [0.2, 0.25) is 5.78 Å². The van der Waals surface area contributed by atoms with Gasteiger partial charge in [0, 0.05) is 50.4 Å². The Bertz CT molecular complexity index is 1130. The lowest BCUT2D eigenvalue weighted by molar-refractivity contribution is -0.120. The van der Waals surface area contributed by atoms with E-state index in [4.69, 9.17) is 24.7 Å². The fraction of sp³-hybridized carbons (Fsp3) is 0.533. The lowest BCUT2D eigenvalue weighted by Crippen LogP contribution is -2.40. The summed E-state index contributed by atoms with van der Waals surface area (Å²) >= 11 is 0. The number of allylic oxidation sites excluding steroid dienone is 5. The highest BCUT2D eigenvalue weighted by molar-refractivity contribution is 6.22. The first-order chi connectivity index (χ1) is 18.8. The van der Waals surface area contributed by atoms with Crippen LogP contribution >= 0.6 is 0 Å². The SMILES string of the molecule is CO[C@@H]1[C@@H](OC)C[C@H](C)[C@@H](OC)C2=CC(=O)C=C(NC(=O)/C(C)=C/C=C\[C@@H](C)[C@@H](OC(N)=O)/C(C)=C/[C@@H]1C)C2=O. The van der Waals surface area contributed by atoms with Gasteiger partial charge in [0.25, 0.3) is 5.91 Å². The van der Waals surface area contributed by atoms with Crippen molar-refractivity contribution < 1.29 is 38.1 Å². The number of nitrogens with two attached hydrogens (primary N) is 1. The van der Waals surface area contributed by atoms with Gasteiger partial charge in [-0.2, -0.15) is 0 Å². The number of amides is 2. The van der Waals surface area contributed by atoms with E-state index in [1.165, 1.54) is 13.2 Å². The number of nitrogens with one attached hydrogen (secondary N) is 1. The van der Waals surface area contributed by atoms with Crippen LogP contribution in [0.5, 0.6) is 0 Å². The van der Waals surface area contributed by atoms with Crippen LogP contribution in [0.1, 0.15) is 41.0 Å². The zero-order chi connectivity index (χ0) is 30.1. The molecular formula is C30H42N2O8. The first-order valence-electron chi connectivity index (χ1n) is 13.3. The molecule has 2 rings (SSSR count). The van der Waals surface area contributed by atoms with Crippen LogP contribution in [-0.2, 0) is 33.3 Å². The van der Waals surface area contributed by atoms with E-state index in [0.29, 0.717) is 12.0 Å². The second-order valence-corrected chi connectivity index (χ2v) is 10.4. The molecule has 0 aromatic rings. The third-order valence-corrected chi connectivity index (χ3v) is 7.29. The van der Waals surface area contributed by atoms with Crippen molar-refractivity contribution in [3.8, 4) is 0 Å². The Kier molecular flexibility index (Phi) is 12.2. The van der Waals surface area contributed by atoms with Gasteiger partial charge < -0.3 is 30.0 Å². The minimum absolute atomic E-state index is 0.119. The van der Waals surface area contributed by atoms with Crippen LogP contribution in [0.25, 0.3) is 0 Å². The normalized spacial score (nSPS) is 34.4. The van der Waals surface area contributed by atoms with Gasteiger partial charge in [0.05, 0.1) is 24.0 Å².